The quantitative estimate of drug-likeness (QED) is 0.437. The minimum atomic E-state index is 0.514. The molecule has 0 unspecified atom stereocenters. The third-order valence-corrected chi connectivity index (χ3v) is 6.21. The van der Waals surface area contributed by atoms with Crippen LogP contribution in [0, 0.1) is 20.8 Å². The van der Waals surface area contributed by atoms with Gasteiger partial charge in [-0.05, 0) is 32.2 Å². The van der Waals surface area contributed by atoms with Crippen LogP contribution in [0.5, 0.6) is 0 Å². The Morgan fingerprint density at radius 1 is 1.08 bits per heavy atom. The third kappa shape index (κ3) is 3.39. The fraction of sp³-hybridized carbons (Fsp3) is 0.250. The topological polar surface area (TPSA) is 77.8 Å². The number of thiazole rings is 1. The van der Waals surface area contributed by atoms with Gasteiger partial charge in [-0.1, -0.05) is 17.8 Å². The van der Waals surface area contributed by atoms with Gasteiger partial charge in [0.15, 0.2) is 0 Å². The number of thiophene rings is 1. The molecule has 0 aliphatic heterocycles. The Kier molecular flexibility index (Phi) is 4.45. The van der Waals surface area contributed by atoms with Crippen molar-refractivity contribution in [3.8, 4) is 21.5 Å². The molecular weight excluding hydrogens is 376 g/mol. The van der Waals surface area contributed by atoms with Crippen LogP contribution >= 0.6 is 34.4 Å². The molecule has 0 radical (unpaired) electrons. The molecule has 0 spiro atoms. The van der Waals surface area contributed by atoms with Crippen LogP contribution in [0.2, 0.25) is 0 Å². The fourth-order valence-corrected chi connectivity index (χ4v) is 4.54. The van der Waals surface area contributed by atoms with Crippen molar-refractivity contribution in [2.45, 2.75) is 31.7 Å². The Labute approximate surface area is 156 Å². The molecule has 0 saturated carbocycles. The third-order valence-electron chi connectivity index (χ3n) is 3.46. The maximum atomic E-state index is 5.76. The van der Waals surface area contributed by atoms with E-state index in [0.29, 0.717) is 22.8 Å². The molecule has 0 fully saturated rings. The summed E-state index contributed by atoms with van der Waals surface area (Å²) in [6.45, 7) is 5.83. The van der Waals surface area contributed by atoms with Gasteiger partial charge in [0, 0.05) is 5.75 Å². The number of aromatic nitrogens is 4. The van der Waals surface area contributed by atoms with E-state index in [-0.39, 0.29) is 0 Å². The summed E-state index contributed by atoms with van der Waals surface area (Å²) in [6, 6.07) is 3.98. The predicted octanol–water partition coefficient (Wildman–Crippen LogP) is 5.13. The van der Waals surface area contributed by atoms with Crippen molar-refractivity contribution in [2.24, 2.45) is 0 Å². The van der Waals surface area contributed by atoms with Crippen molar-refractivity contribution in [1.29, 1.82) is 0 Å². The number of rotatable bonds is 5. The molecule has 0 amide bonds. The zero-order valence-corrected chi connectivity index (χ0v) is 16.2. The molecule has 0 saturated heterocycles. The molecular formula is C16H14N4O2S3. The van der Waals surface area contributed by atoms with Crippen LogP contribution < -0.4 is 0 Å². The van der Waals surface area contributed by atoms with Crippen molar-refractivity contribution in [3.05, 3.63) is 39.7 Å². The first-order valence-corrected chi connectivity index (χ1v) is 10.2. The molecule has 128 valence electrons. The zero-order chi connectivity index (χ0) is 17.4. The Hall–Kier alpha value is -1.97. The van der Waals surface area contributed by atoms with E-state index in [1.54, 1.807) is 22.7 Å². The van der Waals surface area contributed by atoms with Gasteiger partial charge in [0.25, 0.3) is 11.1 Å². The van der Waals surface area contributed by atoms with E-state index < -0.39 is 0 Å². The smallest absolute Gasteiger partial charge is 0.277 e. The van der Waals surface area contributed by atoms with Gasteiger partial charge in [-0.3, -0.25) is 0 Å². The summed E-state index contributed by atoms with van der Waals surface area (Å²) in [6.07, 6.45) is 0. The van der Waals surface area contributed by atoms with Gasteiger partial charge in [0.05, 0.1) is 21.3 Å². The maximum absolute atomic E-state index is 5.76. The Morgan fingerprint density at radius 3 is 2.68 bits per heavy atom. The van der Waals surface area contributed by atoms with Crippen molar-refractivity contribution >= 4 is 34.4 Å². The van der Waals surface area contributed by atoms with E-state index in [4.69, 9.17) is 8.83 Å². The van der Waals surface area contributed by atoms with E-state index in [9.17, 15) is 0 Å². The number of thioether (sulfide) groups is 1. The lowest BCUT2D eigenvalue weighted by atomic mass is 10.4. The van der Waals surface area contributed by atoms with Crippen LogP contribution in [0.15, 0.2) is 31.6 Å². The highest BCUT2D eigenvalue weighted by atomic mass is 32.2. The molecule has 0 bridgehead atoms. The summed E-state index contributed by atoms with van der Waals surface area (Å²) in [5.74, 6) is 2.60. The van der Waals surface area contributed by atoms with Crippen LogP contribution in [-0.4, -0.2) is 20.2 Å². The molecule has 25 heavy (non-hydrogen) atoms. The fourth-order valence-electron chi connectivity index (χ4n) is 2.29. The molecule has 4 heterocycles. The van der Waals surface area contributed by atoms with Crippen LogP contribution in [-0.2, 0) is 5.75 Å². The summed E-state index contributed by atoms with van der Waals surface area (Å²) < 4.78 is 11.5. The first-order chi connectivity index (χ1) is 12.1. The van der Waals surface area contributed by atoms with Crippen molar-refractivity contribution in [3.63, 3.8) is 0 Å². The first kappa shape index (κ1) is 16.5. The lowest BCUT2D eigenvalue weighted by Crippen LogP contribution is -1.84. The number of nitrogens with zero attached hydrogens (tertiary/aromatic N) is 4. The van der Waals surface area contributed by atoms with Gasteiger partial charge in [0.2, 0.25) is 5.89 Å². The van der Waals surface area contributed by atoms with Crippen LogP contribution in [0.3, 0.4) is 0 Å². The molecule has 0 aromatic carbocycles. The summed E-state index contributed by atoms with van der Waals surface area (Å²) in [7, 11) is 0. The number of hydrogen-bond acceptors (Lipinski definition) is 9. The average molecular weight is 391 g/mol. The van der Waals surface area contributed by atoms with Gasteiger partial charge in [-0.2, -0.15) is 0 Å². The van der Waals surface area contributed by atoms with Crippen LogP contribution in [0.25, 0.3) is 21.5 Å². The van der Waals surface area contributed by atoms with Crippen LogP contribution in [0.4, 0.5) is 0 Å². The van der Waals surface area contributed by atoms with Gasteiger partial charge in [-0.25, -0.2) is 9.97 Å². The van der Waals surface area contributed by atoms with Crippen molar-refractivity contribution in [2.75, 3.05) is 0 Å². The van der Waals surface area contributed by atoms with Gasteiger partial charge < -0.3 is 8.83 Å². The highest BCUT2D eigenvalue weighted by molar-refractivity contribution is 7.98. The lowest BCUT2D eigenvalue weighted by Gasteiger charge is -1.93. The highest BCUT2D eigenvalue weighted by Gasteiger charge is 2.17. The second kappa shape index (κ2) is 6.74. The molecule has 4 aromatic heterocycles. The minimum Gasteiger partial charge on any atom is -0.440 e. The van der Waals surface area contributed by atoms with Gasteiger partial charge in [0.1, 0.15) is 10.6 Å². The zero-order valence-electron chi connectivity index (χ0n) is 13.8. The van der Waals surface area contributed by atoms with Crippen LogP contribution in [0.1, 0.15) is 22.2 Å². The Bertz CT molecular complexity index is 1000. The molecule has 0 aliphatic rings. The molecule has 4 rings (SSSR count). The Morgan fingerprint density at radius 2 is 1.96 bits per heavy atom. The molecule has 9 heteroatoms. The summed E-state index contributed by atoms with van der Waals surface area (Å²) >= 11 is 4.62. The standard InChI is InChI=1S/C16H14N4O2S3/c1-8-13(25-10(3)17-8)15-19-20-16(22-15)24-7-11-9(2)21-14(18-11)12-5-4-6-23-12/h4-6H,7H2,1-3H3. The first-order valence-electron chi connectivity index (χ1n) is 7.51. The van der Waals surface area contributed by atoms with Crippen molar-refractivity contribution < 1.29 is 8.83 Å². The van der Waals surface area contributed by atoms with E-state index >= 15 is 0 Å². The van der Waals surface area contributed by atoms with E-state index in [1.165, 1.54) is 11.8 Å². The number of oxazole rings is 1. The molecule has 4 aromatic rings. The molecule has 0 N–H and O–H groups in total. The predicted molar refractivity (Wildman–Crippen MR) is 99.0 cm³/mol. The van der Waals surface area contributed by atoms with Gasteiger partial charge in [-0.15, -0.1) is 32.9 Å². The normalized spacial score (nSPS) is 11.3. The molecule has 6 nitrogen and oxygen atoms in total. The molecule has 0 atom stereocenters. The van der Waals surface area contributed by atoms with E-state index in [0.717, 1.165) is 31.9 Å². The summed E-state index contributed by atoms with van der Waals surface area (Å²) in [5.41, 5.74) is 1.80. The summed E-state index contributed by atoms with van der Waals surface area (Å²) in [5, 5.41) is 11.8. The maximum Gasteiger partial charge on any atom is 0.277 e. The van der Waals surface area contributed by atoms with Crippen molar-refractivity contribution in [1.82, 2.24) is 20.2 Å². The Balaban J connectivity index is 1.48. The lowest BCUT2D eigenvalue weighted by molar-refractivity contribution is 0.466. The average Bonchev–Trinajstić information content (AvgIpc) is 3.33. The minimum absolute atomic E-state index is 0.514. The monoisotopic (exact) mass is 390 g/mol. The highest BCUT2D eigenvalue weighted by Crippen LogP contribution is 2.32. The number of aryl methyl sites for hydroxylation is 3. The second-order valence-electron chi connectivity index (χ2n) is 5.31. The second-order valence-corrected chi connectivity index (χ2v) is 8.39. The number of hydrogen-bond donors (Lipinski definition) is 0. The van der Waals surface area contributed by atoms with E-state index in [2.05, 4.69) is 20.2 Å². The molecule has 0 aliphatic carbocycles. The summed E-state index contributed by atoms with van der Waals surface area (Å²) in [4.78, 5) is 10.9. The van der Waals surface area contributed by atoms with E-state index in [1.807, 2.05) is 38.3 Å². The van der Waals surface area contributed by atoms with Gasteiger partial charge >= 0.3 is 0 Å². The SMILES string of the molecule is Cc1nc(C)c(-c2nnc(SCc3nc(-c4cccs4)oc3C)o2)s1. The largest absolute Gasteiger partial charge is 0.440 e.